The van der Waals surface area contributed by atoms with Crippen LogP contribution in [0.2, 0.25) is 0 Å². The molecule has 1 saturated heterocycles. The number of rotatable bonds is 14. The number of hydrogen-bond acceptors (Lipinski definition) is 12. The minimum absolute atomic E-state index is 0.0384. The molecule has 1 aliphatic heterocycles. The van der Waals surface area contributed by atoms with E-state index in [2.05, 4.69) is 75.7 Å². The Morgan fingerprint density at radius 2 is 1.51 bits per heavy atom. The summed E-state index contributed by atoms with van der Waals surface area (Å²) in [6.45, 7) is 3.82. The number of alkyl halides is 3. The van der Waals surface area contributed by atoms with Crippen LogP contribution in [0.4, 0.5) is 29.6 Å². The van der Waals surface area contributed by atoms with E-state index in [0.29, 0.717) is 24.4 Å². The van der Waals surface area contributed by atoms with Crippen LogP contribution in [0.1, 0.15) is 59.9 Å². The van der Waals surface area contributed by atoms with E-state index in [-0.39, 0.29) is 61.3 Å². The molecule has 1 saturated carbocycles. The quantitative estimate of drug-likeness (QED) is 0.0749. The first-order valence-corrected chi connectivity index (χ1v) is 20.3. The van der Waals surface area contributed by atoms with E-state index in [9.17, 15) is 37.8 Å². The SMILES string of the molecule is CCC(=O)N[C@H]1C[C@@H](n2cnc3c(NCC(c4ccccc4)c4ccccc4)nc(C(=O)NCCNC(=O)N[C@H]4CCN(c5ccccn5)C4)nc32)[C@H](O)[C@@H]1O.O=C(O)C(F)(F)F. The maximum Gasteiger partial charge on any atom is 0.490 e. The highest BCUT2D eigenvalue weighted by atomic mass is 19.4. The Morgan fingerprint density at radius 1 is 0.857 bits per heavy atom. The lowest BCUT2D eigenvalue weighted by molar-refractivity contribution is -0.192. The number of anilines is 2. The van der Waals surface area contributed by atoms with Gasteiger partial charge in [-0.05, 0) is 36.1 Å². The largest absolute Gasteiger partial charge is 0.490 e. The molecule has 4 amide bonds. The van der Waals surface area contributed by atoms with Crippen molar-refractivity contribution in [3.05, 3.63) is 108 Å². The van der Waals surface area contributed by atoms with Crippen molar-refractivity contribution < 1.29 is 47.7 Å². The summed E-state index contributed by atoms with van der Waals surface area (Å²) in [6.07, 6.45) is -3.05. The number of hydrogen-bond donors (Lipinski definition) is 8. The lowest BCUT2D eigenvalue weighted by Crippen LogP contribution is -2.45. The molecule has 3 aromatic heterocycles. The molecule has 0 radical (unpaired) electrons. The van der Waals surface area contributed by atoms with Gasteiger partial charge in [-0.3, -0.25) is 9.59 Å². The smallest absolute Gasteiger partial charge is 0.475 e. The molecule has 0 bridgehead atoms. The fraction of sp³-hybridized carbons (Fsp3) is 0.381. The third-order valence-corrected chi connectivity index (χ3v) is 10.6. The van der Waals surface area contributed by atoms with Crippen LogP contribution in [-0.4, -0.2) is 127 Å². The molecule has 1 aliphatic carbocycles. The first-order valence-electron chi connectivity index (χ1n) is 20.3. The Labute approximate surface area is 359 Å². The number of nitrogens with one attached hydrogen (secondary N) is 5. The first kappa shape index (κ1) is 45.7. The normalized spacial score (nSPS) is 19.5. The third kappa shape index (κ3) is 11.7. The van der Waals surface area contributed by atoms with Crippen LogP contribution in [0.15, 0.2) is 91.4 Å². The number of carboxylic acid groups (broad SMARTS) is 1. The van der Waals surface area contributed by atoms with Crippen LogP contribution in [0.25, 0.3) is 11.2 Å². The van der Waals surface area contributed by atoms with Crippen LogP contribution in [0.5, 0.6) is 0 Å². The Balaban J connectivity index is 0.000000871. The van der Waals surface area contributed by atoms with Crippen molar-refractivity contribution in [1.82, 2.24) is 45.8 Å². The maximum absolute atomic E-state index is 13.6. The van der Waals surface area contributed by atoms with Gasteiger partial charge in [0.1, 0.15) is 23.5 Å². The molecule has 5 atom stereocenters. The summed E-state index contributed by atoms with van der Waals surface area (Å²) in [7, 11) is 0. The Morgan fingerprint density at radius 3 is 2.13 bits per heavy atom. The number of aliphatic carboxylic acids is 1. The molecule has 18 nitrogen and oxygen atoms in total. The highest BCUT2D eigenvalue weighted by Crippen LogP contribution is 2.35. The van der Waals surface area contributed by atoms with E-state index in [1.807, 2.05) is 54.6 Å². The number of aliphatic hydroxyl groups is 2. The van der Waals surface area contributed by atoms with E-state index >= 15 is 0 Å². The number of fused-ring (bicyclic) bond motifs is 1. The Bertz CT molecular complexity index is 2290. The van der Waals surface area contributed by atoms with Crippen LogP contribution >= 0.6 is 0 Å². The predicted octanol–water partition coefficient (Wildman–Crippen LogP) is 2.97. The van der Waals surface area contributed by atoms with E-state index in [1.54, 1.807) is 17.7 Å². The van der Waals surface area contributed by atoms with Gasteiger partial charge in [0.05, 0.1) is 18.4 Å². The van der Waals surface area contributed by atoms with Crippen molar-refractivity contribution in [3.63, 3.8) is 0 Å². The minimum atomic E-state index is -5.08. The van der Waals surface area contributed by atoms with Gasteiger partial charge in [-0.25, -0.2) is 29.5 Å². The highest BCUT2D eigenvalue weighted by Gasteiger charge is 2.44. The molecule has 334 valence electrons. The van der Waals surface area contributed by atoms with Crippen molar-refractivity contribution in [2.45, 2.75) is 68.6 Å². The average molecular weight is 876 g/mol. The number of amides is 4. The second-order valence-electron chi connectivity index (χ2n) is 14.9. The standard InChI is InChI=1S/C40H47N11O5.C2HF3O2/c1-2-32(52)47-29-21-30(35(54)34(29)53)51-24-45-33-36(44-22-28(25-11-5-3-6-12-25)26-13-7-4-8-14-26)48-37(49-38(33)51)39(55)42-18-19-43-40(56)46-27-16-20-50(23-27)31-15-9-10-17-41-31;3-2(4,5)1(6)7/h3-15,17,24,27-30,34-35,53-54H,2,16,18-23H2,1H3,(H,42,55)(H,47,52)(H2,43,46,56)(H,44,48,49);(H,6,7)/t27-,29-,30+,34+,35-;/m0./s1. The van der Waals surface area contributed by atoms with E-state index in [0.717, 1.165) is 29.9 Å². The summed E-state index contributed by atoms with van der Waals surface area (Å²) < 4.78 is 33.4. The van der Waals surface area contributed by atoms with Gasteiger partial charge in [-0.2, -0.15) is 13.2 Å². The van der Waals surface area contributed by atoms with E-state index < -0.39 is 42.3 Å². The first-order chi connectivity index (χ1) is 30.2. The fourth-order valence-corrected chi connectivity index (χ4v) is 7.41. The van der Waals surface area contributed by atoms with Gasteiger partial charge >= 0.3 is 18.2 Å². The van der Waals surface area contributed by atoms with Crippen molar-refractivity contribution in [2.24, 2.45) is 0 Å². The summed E-state index contributed by atoms with van der Waals surface area (Å²) in [5.41, 5.74) is 2.81. The maximum atomic E-state index is 13.6. The molecule has 4 heterocycles. The Kier molecular flexibility index (Phi) is 15.1. The predicted molar refractivity (Wildman–Crippen MR) is 224 cm³/mol. The zero-order valence-electron chi connectivity index (χ0n) is 34.1. The number of pyridine rings is 1. The number of carbonyl (C=O) groups is 4. The minimum Gasteiger partial charge on any atom is -0.475 e. The molecule has 8 N–H and O–H groups in total. The zero-order chi connectivity index (χ0) is 45.1. The van der Waals surface area contributed by atoms with Gasteiger partial charge in [0.15, 0.2) is 11.5 Å². The lowest BCUT2D eigenvalue weighted by atomic mass is 9.91. The summed E-state index contributed by atoms with van der Waals surface area (Å²) >= 11 is 0. The number of aromatic nitrogens is 5. The number of nitrogens with zero attached hydrogens (tertiary/aromatic N) is 6. The molecule has 0 spiro atoms. The van der Waals surface area contributed by atoms with E-state index in [1.165, 1.54) is 6.33 Å². The van der Waals surface area contributed by atoms with Crippen LogP contribution in [0.3, 0.4) is 0 Å². The van der Waals surface area contributed by atoms with Crippen molar-refractivity contribution in [1.29, 1.82) is 0 Å². The topological polar surface area (TPSA) is 249 Å². The molecular weight excluding hydrogens is 828 g/mol. The number of carbonyl (C=O) groups excluding carboxylic acids is 3. The van der Waals surface area contributed by atoms with Crippen molar-refractivity contribution >= 4 is 46.6 Å². The molecule has 21 heteroatoms. The van der Waals surface area contributed by atoms with Crippen LogP contribution in [-0.2, 0) is 9.59 Å². The molecule has 2 aromatic carbocycles. The summed E-state index contributed by atoms with van der Waals surface area (Å²) in [5.74, 6) is -2.61. The molecule has 63 heavy (non-hydrogen) atoms. The Hall–Kier alpha value is -6.87. The molecule has 2 aliphatic rings. The summed E-state index contributed by atoms with van der Waals surface area (Å²) in [5, 5.41) is 43.9. The second-order valence-corrected chi connectivity index (χ2v) is 14.9. The second kappa shape index (κ2) is 20.8. The molecule has 5 aromatic rings. The van der Waals surface area contributed by atoms with Crippen molar-refractivity contribution in [3.8, 4) is 0 Å². The van der Waals surface area contributed by atoms with Gasteiger partial charge in [0.25, 0.3) is 5.91 Å². The van der Waals surface area contributed by atoms with Gasteiger partial charge in [0.2, 0.25) is 11.7 Å². The monoisotopic (exact) mass is 875 g/mol. The van der Waals surface area contributed by atoms with Crippen molar-refractivity contribution in [2.75, 3.05) is 42.9 Å². The van der Waals surface area contributed by atoms with Crippen LogP contribution < -0.4 is 31.5 Å². The number of halogens is 3. The summed E-state index contributed by atoms with van der Waals surface area (Å²) in [6, 6.07) is 24.1. The van der Waals surface area contributed by atoms with Crippen LogP contribution in [0, 0.1) is 0 Å². The third-order valence-electron chi connectivity index (χ3n) is 10.6. The van der Waals surface area contributed by atoms with Gasteiger partial charge in [0, 0.05) is 57.3 Å². The number of benzene rings is 2. The average Bonchev–Trinajstić information content (AvgIpc) is 4.00. The molecule has 0 unspecified atom stereocenters. The van der Waals surface area contributed by atoms with Gasteiger partial charge in [-0.1, -0.05) is 73.7 Å². The molecular formula is C42H48F3N11O7. The number of carboxylic acids is 1. The lowest BCUT2D eigenvalue weighted by Gasteiger charge is -2.20. The number of imidazole rings is 1. The number of aliphatic hydroxyl groups excluding tert-OH is 2. The molecule has 2 fully saturated rings. The molecule has 7 rings (SSSR count). The summed E-state index contributed by atoms with van der Waals surface area (Å²) in [4.78, 5) is 67.7. The highest BCUT2D eigenvalue weighted by molar-refractivity contribution is 5.94. The van der Waals surface area contributed by atoms with Gasteiger partial charge in [-0.15, -0.1) is 0 Å². The number of urea groups is 1. The van der Waals surface area contributed by atoms with E-state index in [4.69, 9.17) is 9.90 Å². The fourth-order valence-electron chi connectivity index (χ4n) is 7.41. The zero-order valence-corrected chi connectivity index (χ0v) is 34.1. The van der Waals surface area contributed by atoms with Gasteiger partial charge < -0.3 is 51.4 Å².